The van der Waals surface area contributed by atoms with Gasteiger partial charge in [0.05, 0.1) is 11.7 Å². The van der Waals surface area contributed by atoms with E-state index in [4.69, 9.17) is 12.2 Å². The molecule has 1 aliphatic heterocycles. The SMILES string of the molecule is Cc1ccccc1-n1cccc1[C@H]1[C@H](c2ccccn2)NC(=S)N1c1ccc(Br)cc1. The molecule has 31 heavy (non-hydrogen) atoms. The molecule has 2 aromatic heterocycles. The Morgan fingerprint density at radius 3 is 2.45 bits per heavy atom. The Morgan fingerprint density at radius 1 is 0.935 bits per heavy atom. The van der Waals surface area contributed by atoms with Crippen LogP contribution >= 0.6 is 28.1 Å². The predicted molar refractivity (Wildman–Crippen MR) is 133 cm³/mol. The van der Waals surface area contributed by atoms with Crippen LogP contribution in [0.2, 0.25) is 0 Å². The van der Waals surface area contributed by atoms with Crippen LogP contribution in [0.25, 0.3) is 5.69 Å². The molecule has 5 rings (SSSR count). The maximum atomic E-state index is 5.84. The van der Waals surface area contributed by atoms with Crippen LogP contribution in [0.15, 0.2) is 95.7 Å². The van der Waals surface area contributed by atoms with Gasteiger partial charge < -0.3 is 14.8 Å². The molecule has 154 valence electrons. The number of halogens is 1. The Hall–Kier alpha value is -2.96. The second kappa shape index (κ2) is 8.29. The Balaban J connectivity index is 1.68. The number of benzene rings is 2. The van der Waals surface area contributed by atoms with Gasteiger partial charge in [-0.1, -0.05) is 40.2 Å². The number of thiocarbonyl (C=S) groups is 1. The molecule has 1 aliphatic rings. The lowest BCUT2D eigenvalue weighted by molar-refractivity contribution is 0.549. The summed E-state index contributed by atoms with van der Waals surface area (Å²) in [6.45, 7) is 2.14. The Bertz CT molecular complexity index is 1220. The highest BCUT2D eigenvalue weighted by Gasteiger charge is 2.42. The largest absolute Gasteiger partial charge is 0.351 e. The average Bonchev–Trinajstić information content (AvgIpc) is 3.39. The van der Waals surface area contributed by atoms with Crippen LogP contribution in [0.1, 0.15) is 29.0 Å². The van der Waals surface area contributed by atoms with Crippen molar-refractivity contribution in [3.63, 3.8) is 0 Å². The summed E-state index contributed by atoms with van der Waals surface area (Å²) in [6.07, 6.45) is 3.95. The van der Waals surface area contributed by atoms with Gasteiger partial charge in [0, 0.05) is 33.9 Å². The Kier molecular flexibility index (Phi) is 5.34. The lowest BCUT2D eigenvalue weighted by Gasteiger charge is -2.29. The average molecular weight is 489 g/mol. The van der Waals surface area contributed by atoms with Gasteiger partial charge in [-0.25, -0.2) is 0 Å². The number of para-hydroxylation sites is 1. The first-order chi connectivity index (χ1) is 15.1. The van der Waals surface area contributed by atoms with E-state index < -0.39 is 0 Å². The monoisotopic (exact) mass is 488 g/mol. The summed E-state index contributed by atoms with van der Waals surface area (Å²) in [5.41, 5.74) is 5.54. The molecule has 2 aromatic carbocycles. The third-order valence-electron chi connectivity index (χ3n) is 5.66. The van der Waals surface area contributed by atoms with Gasteiger partial charge in [0.2, 0.25) is 0 Å². The molecule has 4 nitrogen and oxygen atoms in total. The van der Waals surface area contributed by atoms with Gasteiger partial charge in [0.15, 0.2) is 5.11 Å². The zero-order valence-corrected chi connectivity index (χ0v) is 19.3. The molecule has 1 saturated heterocycles. The van der Waals surface area contributed by atoms with E-state index in [1.54, 1.807) is 0 Å². The number of hydrogen-bond donors (Lipinski definition) is 1. The first-order valence-corrected chi connectivity index (χ1v) is 11.3. The summed E-state index contributed by atoms with van der Waals surface area (Å²) in [5, 5.41) is 4.23. The standard InChI is InChI=1S/C25H21BrN4S/c1-17-7-2-3-9-21(17)29-16-6-10-22(29)24-23(20-8-4-5-15-27-20)28-25(31)30(24)19-13-11-18(26)12-14-19/h2-16,23-24H,1H3,(H,28,31)/t23-,24-/m0/s1. The summed E-state index contributed by atoms with van der Waals surface area (Å²) in [4.78, 5) is 6.85. The highest BCUT2D eigenvalue weighted by atomic mass is 79.9. The van der Waals surface area contributed by atoms with Crippen molar-refractivity contribution in [3.8, 4) is 5.69 Å². The number of nitrogens with zero attached hydrogens (tertiary/aromatic N) is 3. The van der Waals surface area contributed by atoms with E-state index in [1.807, 2.05) is 30.5 Å². The van der Waals surface area contributed by atoms with Crippen molar-refractivity contribution in [1.82, 2.24) is 14.9 Å². The van der Waals surface area contributed by atoms with Crippen LogP contribution in [-0.2, 0) is 0 Å². The lowest BCUT2D eigenvalue weighted by atomic mass is 10.0. The van der Waals surface area contributed by atoms with Gasteiger partial charge in [-0.3, -0.25) is 4.98 Å². The molecule has 2 atom stereocenters. The molecule has 3 heterocycles. The van der Waals surface area contributed by atoms with Gasteiger partial charge in [-0.05, 0) is 79.3 Å². The molecule has 0 saturated carbocycles. The highest BCUT2D eigenvalue weighted by molar-refractivity contribution is 9.10. The van der Waals surface area contributed by atoms with Crippen molar-refractivity contribution in [2.24, 2.45) is 0 Å². The summed E-state index contributed by atoms with van der Waals surface area (Å²) in [7, 11) is 0. The molecule has 0 aliphatic carbocycles. The minimum Gasteiger partial charge on any atom is -0.351 e. The molecule has 0 spiro atoms. The van der Waals surface area contributed by atoms with Crippen LogP contribution in [-0.4, -0.2) is 14.7 Å². The topological polar surface area (TPSA) is 33.1 Å². The quantitative estimate of drug-likeness (QED) is 0.350. The van der Waals surface area contributed by atoms with Crippen molar-refractivity contribution >= 4 is 38.9 Å². The molecule has 1 N–H and O–H groups in total. The van der Waals surface area contributed by atoms with Gasteiger partial charge in [0.25, 0.3) is 0 Å². The minimum atomic E-state index is -0.0741. The van der Waals surface area contributed by atoms with Gasteiger partial charge in [-0.15, -0.1) is 0 Å². The van der Waals surface area contributed by atoms with E-state index in [0.29, 0.717) is 5.11 Å². The predicted octanol–water partition coefficient (Wildman–Crippen LogP) is 6.12. The van der Waals surface area contributed by atoms with E-state index in [1.165, 1.54) is 5.56 Å². The third kappa shape index (κ3) is 3.66. The van der Waals surface area contributed by atoms with E-state index in [2.05, 4.69) is 103 Å². The maximum absolute atomic E-state index is 5.84. The molecule has 1 fully saturated rings. The van der Waals surface area contributed by atoms with Gasteiger partial charge in [-0.2, -0.15) is 0 Å². The summed E-state index contributed by atoms with van der Waals surface area (Å²) in [6, 6.07) is 26.9. The van der Waals surface area contributed by atoms with Crippen molar-refractivity contribution in [1.29, 1.82) is 0 Å². The zero-order chi connectivity index (χ0) is 21.4. The zero-order valence-electron chi connectivity index (χ0n) is 16.9. The molecule has 6 heteroatoms. The lowest BCUT2D eigenvalue weighted by Crippen LogP contribution is -2.30. The van der Waals surface area contributed by atoms with Crippen LogP contribution in [0, 0.1) is 6.92 Å². The molecule has 0 amide bonds. The minimum absolute atomic E-state index is 0.0572. The van der Waals surface area contributed by atoms with Crippen LogP contribution in [0.3, 0.4) is 0 Å². The summed E-state index contributed by atoms with van der Waals surface area (Å²) in [5.74, 6) is 0. The van der Waals surface area contributed by atoms with Crippen LogP contribution in [0.4, 0.5) is 5.69 Å². The molecular weight excluding hydrogens is 468 g/mol. The van der Waals surface area contributed by atoms with E-state index >= 15 is 0 Å². The van der Waals surface area contributed by atoms with E-state index in [9.17, 15) is 0 Å². The number of aromatic nitrogens is 2. The number of hydrogen-bond acceptors (Lipinski definition) is 2. The number of pyridine rings is 1. The molecule has 4 aromatic rings. The van der Waals surface area contributed by atoms with Gasteiger partial charge >= 0.3 is 0 Å². The van der Waals surface area contributed by atoms with Crippen LogP contribution < -0.4 is 10.2 Å². The second-order valence-electron chi connectivity index (χ2n) is 7.56. The second-order valence-corrected chi connectivity index (χ2v) is 8.86. The summed E-state index contributed by atoms with van der Waals surface area (Å²) < 4.78 is 3.30. The van der Waals surface area contributed by atoms with Gasteiger partial charge in [0.1, 0.15) is 6.04 Å². The fraction of sp³-hybridized carbons (Fsp3) is 0.120. The first-order valence-electron chi connectivity index (χ1n) is 10.1. The number of aryl methyl sites for hydroxylation is 1. The number of anilines is 1. The van der Waals surface area contributed by atoms with Crippen molar-refractivity contribution < 1.29 is 0 Å². The molecular formula is C25H21BrN4S. The molecule has 0 radical (unpaired) electrons. The molecule has 0 bridgehead atoms. The maximum Gasteiger partial charge on any atom is 0.174 e. The van der Waals surface area contributed by atoms with E-state index in [0.717, 1.165) is 27.2 Å². The number of nitrogens with one attached hydrogen (secondary N) is 1. The third-order valence-corrected chi connectivity index (χ3v) is 6.50. The van der Waals surface area contributed by atoms with E-state index in [-0.39, 0.29) is 12.1 Å². The first kappa shape index (κ1) is 20.0. The van der Waals surface area contributed by atoms with Crippen molar-refractivity contribution in [2.45, 2.75) is 19.0 Å². The Morgan fingerprint density at radius 2 is 1.71 bits per heavy atom. The fourth-order valence-electron chi connectivity index (χ4n) is 4.22. The molecule has 0 unspecified atom stereocenters. The summed E-state index contributed by atoms with van der Waals surface area (Å²) >= 11 is 9.38. The Labute approximate surface area is 195 Å². The van der Waals surface area contributed by atoms with Crippen molar-refractivity contribution in [2.75, 3.05) is 4.90 Å². The fourth-order valence-corrected chi connectivity index (χ4v) is 4.83. The number of rotatable bonds is 4. The van der Waals surface area contributed by atoms with Crippen molar-refractivity contribution in [3.05, 3.63) is 113 Å². The normalized spacial score (nSPS) is 18.3. The smallest absolute Gasteiger partial charge is 0.174 e. The van der Waals surface area contributed by atoms with Crippen LogP contribution in [0.5, 0.6) is 0 Å². The highest BCUT2D eigenvalue weighted by Crippen LogP contribution is 2.42.